The number of carbonyl (C=O) groups is 2. The number of benzene rings is 1. The summed E-state index contributed by atoms with van der Waals surface area (Å²) >= 11 is 0. The van der Waals surface area contributed by atoms with Crippen molar-refractivity contribution in [3.63, 3.8) is 0 Å². The third-order valence-corrected chi connectivity index (χ3v) is 9.84. The number of aromatic nitrogens is 2. The minimum Gasteiger partial charge on any atom is -0.330 e. The van der Waals surface area contributed by atoms with Gasteiger partial charge < -0.3 is 4.90 Å². The molecule has 0 spiro atoms. The molecule has 0 bridgehead atoms. The minimum absolute atomic E-state index is 0.0139. The summed E-state index contributed by atoms with van der Waals surface area (Å²) in [5, 5.41) is 0. The largest absolute Gasteiger partial charge is 0.330 e. The number of rotatable bonds is 6. The average molecular weight is 595 g/mol. The van der Waals surface area contributed by atoms with E-state index in [2.05, 4.69) is 61.0 Å². The molecule has 3 heterocycles. The van der Waals surface area contributed by atoms with Gasteiger partial charge in [0.1, 0.15) is 6.04 Å². The van der Waals surface area contributed by atoms with Crippen molar-refractivity contribution in [2.75, 3.05) is 19.6 Å². The fourth-order valence-electron chi connectivity index (χ4n) is 7.33. The number of piperazine rings is 1. The first-order valence-electron chi connectivity index (χ1n) is 16.8. The number of fused-ring (bicyclic) bond motifs is 2. The standard InChI is InChI=1S/C31H41N3O2.C7H9N/c1-21-9-13-27-25(17-21)11-12-26-18-22(2)19-32-30(26)31(27)33-15-16-34(28(20-33)23(3)35)29(36)14-10-24-7-5-4-6-8-24;1-2-7-4-3-5-8-6-7/h9,13,17-19,24,28,31H,4-8,10-12,14-16,20H2,1-3H3;3-6H,2H2,1H3. The Morgan fingerprint density at radius 1 is 0.932 bits per heavy atom. The summed E-state index contributed by atoms with van der Waals surface area (Å²) in [6, 6.07) is 12.7. The van der Waals surface area contributed by atoms with Crippen molar-refractivity contribution in [1.82, 2.24) is 19.8 Å². The Bertz CT molecular complexity index is 1360. The van der Waals surface area contributed by atoms with E-state index in [1.54, 1.807) is 13.1 Å². The maximum Gasteiger partial charge on any atom is 0.223 e. The van der Waals surface area contributed by atoms with Crippen molar-refractivity contribution in [2.45, 2.75) is 104 Å². The van der Waals surface area contributed by atoms with Crippen molar-refractivity contribution < 1.29 is 9.59 Å². The lowest BCUT2D eigenvalue weighted by atomic mass is 9.86. The quantitative estimate of drug-likeness (QED) is 0.308. The molecule has 0 radical (unpaired) electrons. The molecule has 1 saturated carbocycles. The van der Waals surface area contributed by atoms with Crippen molar-refractivity contribution in [2.24, 2.45) is 5.92 Å². The van der Waals surface area contributed by atoms with E-state index in [-0.39, 0.29) is 23.8 Å². The monoisotopic (exact) mass is 594 g/mol. The van der Waals surface area contributed by atoms with E-state index in [9.17, 15) is 9.59 Å². The van der Waals surface area contributed by atoms with Crippen molar-refractivity contribution in [3.8, 4) is 0 Å². The summed E-state index contributed by atoms with van der Waals surface area (Å²) in [4.78, 5) is 39.4. The van der Waals surface area contributed by atoms with Crippen molar-refractivity contribution in [3.05, 3.63) is 94.1 Å². The van der Waals surface area contributed by atoms with Crippen LogP contribution in [-0.2, 0) is 28.9 Å². The van der Waals surface area contributed by atoms with Crippen LogP contribution in [0.2, 0.25) is 0 Å². The Labute approximate surface area is 264 Å². The number of Topliss-reactive ketones (excluding diaryl/α,β-unsaturated/α-hetero) is 1. The Morgan fingerprint density at radius 2 is 1.70 bits per heavy atom. The first kappa shape index (κ1) is 32.0. The van der Waals surface area contributed by atoms with Crippen LogP contribution in [0, 0.1) is 19.8 Å². The van der Waals surface area contributed by atoms with Gasteiger partial charge in [-0.2, -0.15) is 0 Å². The number of hydrogen-bond acceptors (Lipinski definition) is 5. The van der Waals surface area contributed by atoms with Gasteiger partial charge in [-0.3, -0.25) is 24.5 Å². The molecular weight excluding hydrogens is 544 g/mol. The van der Waals surface area contributed by atoms with Gasteiger partial charge in [-0.15, -0.1) is 0 Å². The molecule has 2 aliphatic carbocycles. The van der Waals surface area contributed by atoms with Gasteiger partial charge in [-0.05, 0) is 86.3 Å². The normalized spacial score (nSPS) is 20.5. The Kier molecular flexibility index (Phi) is 11.0. The van der Waals surface area contributed by atoms with Crippen LogP contribution in [-0.4, -0.2) is 57.1 Å². The third-order valence-electron chi connectivity index (χ3n) is 9.84. The molecule has 0 N–H and O–H groups in total. The van der Waals surface area contributed by atoms with E-state index in [1.165, 1.54) is 65.5 Å². The molecule has 234 valence electrons. The van der Waals surface area contributed by atoms with Gasteiger partial charge in [-0.25, -0.2) is 0 Å². The van der Waals surface area contributed by atoms with Gasteiger partial charge in [0.2, 0.25) is 5.91 Å². The molecule has 2 unspecified atom stereocenters. The number of nitrogens with zero attached hydrogens (tertiary/aromatic N) is 4. The molecule has 1 aromatic carbocycles. The lowest BCUT2D eigenvalue weighted by Crippen LogP contribution is -2.58. The molecule has 1 amide bonds. The van der Waals surface area contributed by atoms with Gasteiger partial charge in [0, 0.05) is 44.6 Å². The summed E-state index contributed by atoms with van der Waals surface area (Å²) in [7, 11) is 0. The van der Waals surface area contributed by atoms with Gasteiger partial charge >= 0.3 is 0 Å². The van der Waals surface area contributed by atoms with Crippen molar-refractivity contribution in [1.29, 1.82) is 0 Å². The Balaban J connectivity index is 0.000000418. The predicted molar refractivity (Wildman–Crippen MR) is 177 cm³/mol. The second kappa shape index (κ2) is 15.1. The number of amides is 1. The van der Waals surface area contributed by atoms with Crippen LogP contribution in [0.25, 0.3) is 0 Å². The molecule has 1 saturated heterocycles. The number of pyridine rings is 2. The van der Waals surface area contributed by atoms with Crippen LogP contribution in [0.4, 0.5) is 0 Å². The Hall–Kier alpha value is -3.38. The molecule has 3 aliphatic rings. The van der Waals surface area contributed by atoms with Crippen LogP contribution >= 0.6 is 0 Å². The van der Waals surface area contributed by atoms with Crippen LogP contribution in [0.3, 0.4) is 0 Å². The van der Waals surface area contributed by atoms with Crippen LogP contribution < -0.4 is 0 Å². The smallest absolute Gasteiger partial charge is 0.223 e. The van der Waals surface area contributed by atoms with Crippen LogP contribution in [0.1, 0.15) is 104 Å². The van der Waals surface area contributed by atoms with E-state index in [0.717, 1.165) is 37.9 Å². The third kappa shape index (κ3) is 7.82. The fraction of sp³-hybridized carbons (Fsp3) is 0.526. The molecule has 2 fully saturated rings. The summed E-state index contributed by atoms with van der Waals surface area (Å²) in [5.41, 5.74) is 8.85. The molecule has 1 aliphatic heterocycles. The summed E-state index contributed by atoms with van der Waals surface area (Å²) in [6.45, 7) is 9.95. The second-order valence-electron chi connectivity index (χ2n) is 13.1. The van der Waals surface area contributed by atoms with Gasteiger partial charge in [0.25, 0.3) is 0 Å². The van der Waals surface area contributed by atoms with Crippen molar-refractivity contribution >= 4 is 11.7 Å². The van der Waals surface area contributed by atoms with E-state index in [1.807, 2.05) is 23.4 Å². The first-order valence-corrected chi connectivity index (χ1v) is 16.8. The highest BCUT2D eigenvalue weighted by Gasteiger charge is 2.39. The minimum atomic E-state index is -0.386. The maximum absolute atomic E-state index is 13.3. The zero-order valence-electron chi connectivity index (χ0n) is 27.2. The lowest BCUT2D eigenvalue weighted by Gasteiger charge is -2.44. The van der Waals surface area contributed by atoms with E-state index >= 15 is 0 Å². The molecular formula is C38H50N4O2. The van der Waals surface area contributed by atoms with Gasteiger partial charge in [0.15, 0.2) is 5.78 Å². The predicted octanol–water partition coefficient (Wildman–Crippen LogP) is 6.99. The topological polar surface area (TPSA) is 66.4 Å². The fourth-order valence-corrected chi connectivity index (χ4v) is 7.33. The highest BCUT2D eigenvalue weighted by Crippen LogP contribution is 2.38. The second-order valence-corrected chi connectivity index (χ2v) is 13.1. The highest BCUT2D eigenvalue weighted by molar-refractivity contribution is 5.88. The zero-order chi connectivity index (χ0) is 31.1. The Morgan fingerprint density at radius 3 is 2.41 bits per heavy atom. The summed E-state index contributed by atoms with van der Waals surface area (Å²) in [6.07, 6.45) is 16.7. The first-order chi connectivity index (χ1) is 21.3. The average Bonchev–Trinajstić information content (AvgIpc) is 3.20. The molecule has 2 atom stereocenters. The van der Waals surface area contributed by atoms with E-state index < -0.39 is 0 Å². The number of aryl methyl sites for hydroxylation is 5. The molecule has 6 nitrogen and oxygen atoms in total. The maximum atomic E-state index is 13.3. The molecule has 44 heavy (non-hydrogen) atoms. The molecule has 2 aromatic heterocycles. The van der Waals surface area contributed by atoms with Gasteiger partial charge in [0.05, 0.1) is 11.7 Å². The molecule has 6 rings (SSSR count). The van der Waals surface area contributed by atoms with E-state index in [4.69, 9.17) is 4.98 Å². The number of hydrogen-bond donors (Lipinski definition) is 0. The lowest BCUT2D eigenvalue weighted by molar-refractivity contribution is -0.143. The number of carbonyl (C=O) groups excluding carboxylic acids is 2. The molecule has 6 heteroatoms. The molecule has 3 aromatic rings. The highest BCUT2D eigenvalue weighted by atomic mass is 16.2. The van der Waals surface area contributed by atoms with E-state index in [0.29, 0.717) is 25.4 Å². The summed E-state index contributed by atoms with van der Waals surface area (Å²) in [5.74, 6) is 0.920. The van der Waals surface area contributed by atoms with Crippen LogP contribution in [0.5, 0.6) is 0 Å². The van der Waals surface area contributed by atoms with Gasteiger partial charge in [-0.1, -0.05) is 74.9 Å². The SMILES string of the molecule is CC(=O)C1CN(C2c3ccc(C)cc3CCc3cc(C)cnc32)CCN1C(=O)CCC1CCCCC1.CCc1cccnc1. The number of ketones is 1. The van der Waals surface area contributed by atoms with Crippen LogP contribution in [0.15, 0.2) is 55.0 Å². The summed E-state index contributed by atoms with van der Waals surface area (Å²) < 4.78 is 0. The zero-order valence-corrected chi connectivity index (χ0v) is 27.2.